The lowest BCUT2D eigenvalue weighted by molar-refractivity contribution is 0.718. The second kappa shape index (κ2) is 2.35. The van der Waals surface area contributed by atoms with Crippen LogP contribution in [0.4, 0.5) is 11.4 Å². The summed E-state index contributed by atoms with van der Waals surface area (Å²) in [6.45, 7) is 0. The maximum atomic E-state index is 5.79. The van der Waals surface area contributed by atoms with Crippen molar-refractivity contribution < 1.29 is 0 Å². The number of anilines is 2. The third kappa shape index (κ3) is 0.908. The van der Waals surface area contributed by atoms with Crippen LogP contribution in [-0.2, 0) is 0 Å². The van der Waals surface area contributed by atoms with E-state index in [1.165, 1.54) is 24.0 Å². The Morgan fingerprint density at radius 1 is 1.00 bits per heavy atom. The van der Waals surface area contributed by atoms with Gasteiger partial charge < -0.3 is 11.5 Å². The van der Waals surface area contributed by atoms with Crippen LogP contribution in [0.15, 0.2) is 12.1 Å². The molecule has 2 atom stereocenters. The van der Waals surface area contributed by atoms with Crippen LogP contribution in [0, 0.1) is 0 Å². The molecule has 2 nitrogen and oxygen atoms in total. The minimum absolute atomic E-state index is 0.697. The lowest BCUT2D eigenvalue weighted by atomic mass is 9.91. The molecule has 13 heavy (non-hydrogen) atoms. The topological polar surface area (TPSA) is 52.0 Å². The van der Waals surface area contributed by atoms with Crippen LogP contribution in [0.1, 0.15) is 34.5 Å². The summed E-state index contributed by atoms with van der Waals surface area (Å²) in [5, 5.41) is 1.39. The summed E-state index contributed by atoms with van der Waals surface area (Å²) in [6.07, 6.45) is 2.62. The summed E-state index contributed by atoms with van der Waals surface area (Å²) in [5.41, 5.74) is 15.9. The van der Waals surface area contributed by atoms with Crippen LogP contribution in [0.25, 0.3) is 0 Å². The molecule has 2 unspecified atom stereocenters. The van der Waals surface area contributed by atoms with E-state index in [4.69, 9.17) is 11.5 Å². The first-order chi connectivity index (χ1) is 6.25. The molecule has 1 saturated heterocycles. The molecule has 4 N–H and O–H groups in total. The van der Waals surface area contributed by atoms with Crippen molar-refractivity contribution in [2.75, 3.05) is 11.5 Å². The van der Waals surface area contributed by atoms with E-state index in [9.17, 15) is 0 Å². The van der Waals surface area contributed by atoms with Crippen molar-refractivity contribution in [2.24, 2.45) is 0 Å². The smallest absolute Gasteiger partial charge is 0.0551 e. The molecular formula is C10H12N2S. The lowest BCUT2D eigenvalue weighted by Crippen LogP contribution is -2.02. The molecule has 3 rings (SSSR count). The van der Waals surface area contributed by atoms with Crippen molar-refractivity contribution in [3.8, 4) is 0 Å². The summed E-state index contributed by atoms with van der Waals surface area (Å²) in [6, 6.07) is 4.14. The SMILES string of the molecule is Nc1cc2c(cc1N)C1CCC2S1. The average Bonchev–Trinajstić information content (AvgIpc) is 2.67. The quantitative estimate of drug-likeness (QED) is 0.621. The fourth-order valence-electron chi connectivity index (χ4n) is 2.32. The molecule has 0 aromatic heterocycles. The van der Waals surface area contributed by atoms with Gasteiger partial charge in [-0.2, -0.15) is 0 Å². The number of nitrogen functional groups attached to an aromatic ring is 2. The van der Waals surface area contributed by atoms with Crippen LogP contribution in [0.5, 0.6) is 0 Å². The molecule has 1 fully saturated rings. The third-order valence-electron chi connectivity index (χ3n) is 3.00. The Hall–Kier alpha value is -0.830. The normalized spacial score (nSPS) is 29.2. The van der Waals surface area contributed by atoms with Crippen molar-refractivity contribution in [3.05, 3.63) is 23.3 Å². The van der Waals surface area contributed by atoms with Gasteiger partial charge in [0.05, 0.1) is 11.4 Å². The Kier molecular flexibility index (Phi) is 1.37. The Bertz CT molecular complexity index is 340. The van der Waals surface area contributed by atoms with Gasteiger partial charge in [-0.25, -0.2) is 0 Å². The molecule has 2 aliphatic heterocycles. The predicted molar refractivity (Wildman–Crippen MR) is 57.6 cm³/mol. The van der Waals surface area contributed by atoms with E-state index >= 15 is 0 Å². The van der Waals surface area contributed by atoms with Crippen LogP contribution in [0.3, 0.4) is 0 Å². The zero-order valence-electron chi connectivity index (χ0n) is 7.29. The monoisotopic (exact) mass is 192 g/mol. The van der Waals surface area contributed by atoms with E-state index in [2.05, 4.69) is 23.9 Å². The van der Waals surface area contributed by atoms with Crippen LogP contribution in [-0.4, -0.2) is 0 Å². The second-order valence-corrected chi connectivity index (χ2v) is 5.21. The first kappa shape index (κ1) is 7.56. The van der Waals surface area contributed by atoms with Gasteiger partial charge in [-0.05, 0) is 36.1 Å². The van der Waals surface area contributed by atoms with Gasteiger partial charge in [-0.1, -0.05) is 0 Å². The average molecular weight is 192 g/mol. The van der Waals surface area contributed by atoms with Crippen molar-refractivity contribution in [1.82, 2.24) is 0 Å². The number of hydrogen-bond donors (Lipinski definition) is 2. The van der Waals surface area contributed by atoms with Gasteiger partial charge in [0.2, 0.25) is 0 Å². The Balaban J connectivity index is 2.22. The predicted octanol–water partition coefficient (Wildman–Crippen LogP) is 2.47. The summed E-state index contributed by atoms with van der Waals surface area (Å²) >= 11 is 2.07. The summed E-state index contributed by atoms with van der Waals surface area (Å²) in [7, 11) is 0. The van der Waals surface area contributed by atoms with E-state index < -0.39 is 0 Å². The highest BCUT2D eigenvalue weighted by molar-refractivity contribution is 8.00. The van der Waals surface area contributed by atoms with Gasteiger partial charge in [-0.3, -0.25) is 0 Å². The van der Waals surface area contributed by atoms with Gasteiger partial charge in [0, 0.05) is 10.5 Å². The van der Waals surface area contributed by atoms with Crippen LogP contribution < -0.4 is 11.5 Å². The molecule has 68 valence electrons. The van der Waals surface area contributed by atoms with Crippen LogP contribution >= 0.6 is 11.8 Å². The van der Waals surface area contributed by atoms with Crippen LogP contribution in [0.2, 0.25) is 0 Å². The molecule has 1 aromatic carbocycles. The van der Waals surface area contributed by atoms with Gasteiger partial charge in [0.25, 0.3) is 0 Å². The Morgan fingerprint density at radius 2 is 1.46 bits per heavy atom. The van der Waals surface area contributed by atoms with Gasteiger partial charge in [0.15, 0.2) is 0 Å². The van der Waals surface area contributed by atoms with E-state index in [0.717, 1.165) is 11.4 Å². The lowest BCUT2D eigenvalue weighted by Gasteiger charge is -2.14. The van der Waals surface area contributed by atoms with Crippen molar-refractivity contribution in [3.63, 3.8) is 0 Å². The van der Waals surface area contributed by atoms with E-state index in [1.807, 2.05) is 0 Å². The highest BCUT2D eigenvalue weighted by atomic mass is 32.2. The molecule has 3 heteroatoms. The zero-order chi connectivity index (χ0) is 9.00. The van der Waals surface area contributed by atoms with Crippen molar-refractivity contribution in [2.45, 2.75) is 23.3 Å². The van der Waals surface area contributed by atoms with Crippen molar-refractivity contribution >= 4 is 23.1 Å². The molecule has 0 spiro atoms. The maximum absolute atomic E-state index is 5.79. The zero-order valence-corrected chi connectivity index (χ0v) is 8.10. The number of benzene rings is 1. The minimum atomic E-state index is 0.697. The van der Waals surface area contributed by atoms with E-state index in [-0.39, 0.29) is 0 Å². The number of nitrogens with two attached hydrogens (primary N) is 2. The second-order valence-electron chi connectivity index (χ2n) is 3.80. The number of fused-ring (bicyclic) bond motifs is 5. The highest BCUT2D eigenvalue weighted by Gasteiger charge is 2.37. The van der Waals surface area contributed by atoms with E-state index in [1.54, 1.807) is 0 Å². The first-order valence-electron chi connectivity index (χ1n) is 4.60. The molecule has 0 radical (unpaired) electrons. The van der Waals surface area contributed by atoms with Gasteiger partial charge >= 0.3 is 0 Å². The molecule has 2 bridgehead atoms. The summed E-state index contributed by atoms with van der Waals surface area (Å²) in [4.78, 5) is 0. The summed E-state index contributed by atoms with van der Waals surface area (Å²) in [5.74, 6) is 0. The molecular weight excluding hydrogens is 180 g/mol. The first-order valence-corrected chi connectivity index (χ1v) is 5.54. The number of hydrogen-bond acceptors (Lipinski definition) is 3. The molecule has 2 heterocycles. The van der Waals surface area contributed by atoms with E-state index in [0.29, 0.717) is 10.5 Å². The highest BCUT2D eigenvalue weighted by Crippen LogP contribution is 2.61. The van der Waals surface area contributed by atoms with Crippen molar-refractivity contribution in [1.29, 1.82) is 0 Å². The molecule has 2 aliphatic rings. The third-order valence-corrected chi connectivity index (χ3v) is 4.64. The molecule has 0 aliphatic carbocycles. The fourth-order valence-corrected chi connectivity index (χ4v) is 3.96. The molecule has 0 saturated carbocycles. The summed E-state index contributed by atoms with van der Waals surface area (Å²) < 4.78 is 0. The number of thioether (sulfide) groups is 1. The largest absolute Gasteiger partial charge is 0.397 e. The standard InChI is InChI=1S/C10H12N2S/c11-7-3-5-6(4-8(7)12)10-2-1-9(5)13-10/h3-4,9-10H,1-2,11-12H2. The Labute approximate surface area is 81.7 Å². The Morgan fingerprint density at radius 3 is 1.92 bits per heavy atom. The fraction of sp³-hybridized carbons (Fsp3) is 0.400. The molecule has 1 aromatic rings. The number of rotatable bonds is 0. The maximum Gasteiger partial charge on any atom is 0.0551 e. The van der Waals surface area contributed by atoms with Gasteiger partial charge in [0.1, 0.15) is 0 Å². The molecule has 0 amide bonds. The minimum Gasteiger partial charge on any atom is -0.397 e. The van der Waals surface area contributed by atoms with Gasteiger partial charge in [-0.15, -0.1) is 11.8 Å².